The van der Waals surface area contributed by atoms with Gasteiger partial charge in [-0.2, -0.15) is 0 Å². The molecule has 0 aliphatic carbocycles. The molecule has 2 saturated heterocycles. The first kappa shape index (κ1) is 20.6. The standard InChI is InChI=1S/C21H28ClN5OS/c1-15-3-2-8-27(14-15)18-6-9-26(10-7-18)21-25-13-19(29-21)20(28)24-12-17-5-4-16(22)11-23-17/h4-5,11,13,15,18H,2-3,6-10,12,14H2,1H3,(H,24,28)/t15-/m1/s1. The number of thiazole rings is 1. The van der Waals surface area contributed by atoms with E-state index in [-0.39, 0.29) is 5.91 Å². The molecule has 4 heterocycles. The zero-order valence-corrected chi connectivity index (χ0v) is 18.4. The molecule has 0 radical (unpaired) electrons. The number of anilines is 1. The van der Waals surface area contributed by atoms with Gasteiger partial charge in [0.2, 0.25) is 0 Å². The van der Waals surface area contributed by atoms with Crippen LogP contribution in [0.4, 0.5) is 5.13 Å². The van der Waals surface area contributed by atoms with Crippen molar-refractivity contribution in [1.29, 1.82) is 0 Å². The Morgan fingerprint density at radius 2 is 2.03 bits per heavy atom. The van der Waals surface area contributed by atoms with E-state index in [2.05, 4.69) is 32.0 Å². The summed E-state index contributed by atoms with van der Waals surface area (Å²) < 4.78 is 0. The van der Waals surface area contributed by atoms with E-state index in [1.807, 2.05) is 6.07 Å². The summed E-state index contributed by atoms with van der Waals surface area (Å²) in [7, 11) is 0. The molecule has 2 fully saturated rings. The van der Waals surface area contributed by atoms with Gasteiger partial charge in [0, 0.05) is 31.9 Å². The maximum atomic E-state index is 12.5. The Balaban J connectivity index is 1.27. The number of halogens is 1. The van der Waals surface area contributed by atoms with Gasteiger partial charge in [-0.1, -0.05) is 29.9 Å². The van der Waals surface area contributed by atoms with Crippen LogP contribution in [0.25, 0.3) is 0 Å². The largest absolute Gasteiger partial charge is 0.348 e. The third-order valence-corrected chi connectivity index (χ3v) is 7.16. The smallest absolute Gasteiger partial charge is 0.263 e. The summed E-state index contributed by atoms with van der Waals surface area (Å²) in [5, 5.41) is 4.44. The molecule has 1 amide bonds. The molecule has 2 aliphatic heterocycles. The molecule has 0 spiro atoms. The molecular formula is C21H28ClN5OS. The molecule has 29 heavy (non-hydrogen) atoms. The lowest BCUT2D eigenvalue weighted by Gasteiger charge is -2.41. The van der Waals surface area contributed by atoms with Crippen molar-refractivity contribution < 1.29 is 4.79 Å². The first-order chi connectivity index (χ1) is 14.1. The Labute approximate surface area is 181 Å². The molecular weight excluding hydrogens is 406 g/mol. The first-order valence-electron chi connectivity index (χ1n) is 10.4. The third kappa shape index (κ3) is 5.27. The summed E-state index contributed by atoms with van der Waals surface area (Å²) in [5.74, 6) is 0.715. The van der Waals surface area contributed by atoms with E-state index < -0.39 is 0 Å². The van der Waals surface area contributed by atoms with Crippen molar-refractivity contribution in [3.8, 4) is 0 Å². The molecule has 0 aromatic carbocycles. The highest BCUT2D eigenvalue weighted by Gasteiger charge is 2.28. The maximum Gasteiger partial charge on any atom is 0.263 e. The predicted molar refractivity (Wildman–Crippen MR) is 118 cm³/mol. The fourth-order valence-corrected chi connectivity index (χ4v) is 5.26. The van der Waals surface area contributed by atoms with Crippen LogP contribution in [0.5, 0.6) is 0 Å². The van der Waals surface area contributed by atoms with E-state index in [9.17, 15) is 4.79 Å². The van der Waals surface area contributed by atoms with Gasteiger partial charge in [0.05, 0.1) is 23.5 Å². The SMILES string of the molecule is C[C@@H]1CCCN(C2CCN(c3ncc(C(=O)NCc4ccc(Cl)cn4)s3)CC2)C1. The van der Waals surface area contributed by atoms with Crippen LogP contribution in [-0.4, -0.2) is 53.0 Å². The van der Waals surface area contributed by atoms with Crippen LogP contribution >= 0.6 is 22.9 Å². The Hall–Kier alpha value is -1.70. The van der Waals surface area contributed by atoms with E-state index in [4.69, 9.17) is 11.6 Å². The van der Waals surface area contributed by atoms with Crippen LogP contribution in [0.3, 0.4) is 0 Å². The van der Waals surface area contributed by atoms with E-state index in [1.165, 1.54) is 50.1 Å². The quantitative estimate of drug-likeness (QED) is 0.776. The van der Waals surface area contributed by atoms with E-state index in [0.29, 0.717) is 22.5 Å². The van der Waals surface area contributed by atoms with Crippen molar-refractivity contribution in [2.24, 2.45) is 5.92 Å². The monoisotopic (exact) mass is 433 g/mol. The number of nitrogens with one attached hydrogen (secondary N) is 1. The van der Waals surface area contributed by atoms with Crippen LogP contribution in [-0.2, 0) is 6.54 Å². The summed E-state index contributed by atoms with van der Waals surface area (Å²) in [4.78, 5) is 26.8. The van der Waals surface area contributed by atoms with Crippen LogP contribution in [0.1, 0.15) is 48.0 Å². The molecule has 4 rings (SSSR count). The normalized spacial score (nSPS) is 21.3. The number of hydrogen-bond acceptors (Lipinski definition) is 6. The predicted octanol–water partition coefficient (Wildman–Crippen LogP) is 3.82. The second-order valence-corrected chi connectivity index (χ2v) is 9.56. The van der Waals surface area contributed by atoms with Crippen LogP contribution in [0, 0.1) is 5.92 Å². The van der Waals surface area contributed by atoms with Crippen LogP contribution < -0.4 is 10.2 Å². The number of hydrogen-bond donors (Lipinski definition) is 1. The lowest BCUT2D eigenvalue weighted by Crippen LogP contribution is -2.48. The minimum atomic E-state index is -0.109. The number of piperidine rings is 2. The van der Waals surface area contributed by atoms with Crippen molar-refractivity contribution in [2.45, 2.75) is 45.2 Å². The molecule has 8 heteroatoms. The second kappa shape index (κ2) is 9.41. The Bertz CT molecular complexity index is 819. The van der Waals surface area contributed by atoms with E-state index in [0.717, 1.165) is 29.8 Å². The zero-order chi connectivity index (χ0) is 20.2. The van der Waals surface area contributed by atoms with Gasteiger partial charge in [0.15, 0.2) is 5.13 Å². The Morgan fingerprint density at radius 1 is 1.21 bits per heavy atom. The van der Waals surface area contributed by atoms with E-state index >= 15 is 0 Å². The van der Waals surface area contributed by atoms with Crippen LogP contribution in [0.15, 0.2) is 24.5 Å². The number of carbonyl (C=O) groups excluding carboxylic acids is 1. The Morgan fingerprint density at radius 3 is 2.76 bits per heavy atom. The molecule has 0 unspecified atom stereocenters. The fraction of sp³-hybridized carbons (Fsp3) is 0.571. The van der Waals surface area contributed by atoms with Gasteiger partial charge in [-0.3, -0.25) is 14.7 Å². The number of nitrogens with zero attached hydrogens (tertiary/aromatic N) is 4. The zero-order valence-electron chi connectivity index (χ0n) is 16.8. The number of amides is 1. The molecule has 2 aliphatic rings. The van der Waals surface area contributed by atoms with Gasteiger partial charge < -0.3 is 10.2 Å². The van der Waals surface area contributed by atoms with Gasteiger partial charge in [-0.25, -0.2) is 4.98 Å². The summed E-state index contributed by atoms with van der Waals surface area (Å²) in [6.45, 7) is 7.26. The minimum Gasteiger partial charge on any atom is -0.348 e. The highest BCUT2D eigenvalue weighted by molar-refractivity contribution is 7.17. The van der Waals surface area contributed by atoms with Gasteiger partial charge in [0.25, 0.3) is 5.91 Å². The van der Waals surface area contributed by atoms with Crippen molar-refractivity contribution in [3.05, 3.63) is 40.1 Å². The molecule has 2 aromatic rings. The number of carbonyl (C=O) groups is 1. The lowest BCUT2D eigenvalue weighted by molar-refractivity contribution is 0.0954. The van der Waals surface area contributed by atoms with Crippen molar-refractivity contribution in [3.63, 3.8) is 0 Å². The molecule has 6 nitrogen and oxygen atoms in total. The number of pyridine rings is 1. The molecule has 2 aromatic heterocycles. The first-order valence-corrected chi connectivity index (χ1v) is 11.6. The van der Waals surface area contributed by atoms with Gasteiger partial charge in [0.1, 0.15) is 4.88 Å². The second-order valence-electron chi connectivity index (χ2n) is 8.12. The number of rotatable bonds is 5. The molecule has 156 valence electrons. The molecule has 0 bridgehead atoms. The molecule has 1 N–H and O–H groups in total. The maximum absolute atomic E-state index is 12.5. The highest BCUT2D eigenvalue weighted by atomic mass is 35.5. The molecule has 1 atom stereocenters. The summed E-state index contributed by atoms with van der Waals surface area (Å²) in [5.41, 5.74) is 0.779. The average molecular weight is 434 g/mol. The van der Waals surface area contributed by atoms with Crippen molar-refractivity contribution in [1.82, 2.24) is 20.2 Å². The highest BCUT2D eigenvalue weighted by Crippen LogP contribution is 2.28. The van der Waals surface area contributed by atoms with Gasteiger partial charge in [-0.15, -0.1) is 0 Å². The van der Waals surface area contributed by atoms with Crippen molar-refractivity contribution in [2.75, 3.05) is 31.1 Å². The average Bonchev–Trinajstić information content (AvgIpc) is 3.24. The van der Waals surface area contributed by atoms with Crippen molar-refractivity contribution >= 4 is 34.0 Å². The Kier molecular flexibility index (Phi) is 6.67. The summed E-state index contributed by atoms with van der Waals surface area (Å²) >= 11 is 7.31. The molecule has 0 saturated carbocycles. The summed E-state index contributed by atoms with van der Waals surface area (Å²) in [6.07, 6.45) is 8.32. The van der Waals surface area contributed by atoms with E-state index in [1.54, 1.807) is 18.5 Å². The summed E-state index contributed by atoms with van der Waals surface area (Å²) in [6, 6.07) is 4.28. The minimum absolute atomic E-state index is 0.109. The topological polar surface area (TPSA) is 61.4 Å². The van der Waals surface area contributed by atoms with Gasteiger partial charge >= 0.3 is 0 Å². The number of likely N-dealkylation sites (tertiary alicyclic amines) is 1. The van der Waals surface area contributed by atoms with Crippen LogP contribution in [0.2, 0.25) is 5.02 Å². The van der Waals surface area contributed by atoms with Gasteiger partial charge in [-0.05, 0) is 50.3 Å². The fourth-order valence-electron chi connectivity index (χ4n) is 4.26. The lowest BCUT2D eigenvalue weighted by atomic mass is 9.95. The third-order valence-electron chi connectivity index (χ3n) is 5.88. The number of aromatic nitrogens is 2.